The molecule has 0 aliphatic rings. The topological polar surface area (TPSA) is 16.4 Å². The van der Waals surface area contributed by atoms with Crippen molar-refractivity contribution in [2.24, 2.45) is 5.41 Å². The minimum absolute atomic E-state index is 0.349. The van der Waals surface area contributed by atoms with Gasteiger partial charge in [0.1, 0.15) is 0 Å². The van der Waals surface area contributed by atoms with Crippen LogP contribution in [0.1, 0.15) is 32.3 Å². The Hall–Kier alpha value is -0.410. The Morgan fingerprint density at radius 1 is 1.38 bits per heavy atom. The molecule has 1 rings (SSSR count). The van der Waals surface area contributed by atoms with Crippen molar-refractivity contribution in [3.63, 3.8) is 0 Å². The molecular formula is C13H23NOS. The number of thiol groups is 1. The average molecular weight is 241 g/mol. The van der Waals surface area contributed by atoms with Gasteiger partial charge in [0.25, 0.3) is 0 Å². The molecule has 0 unspecified atom stereocenters. The van der Waals surface area contributed by atoms with Crippen LogP contribution in [0.5, 0.6) is 0 Å². The molecule has 0 atom stereocenters. The van der Waals surface area contributed by atoms with Gasteiger partial charge in [-0.2, -0.15) is 12.6 Å². The summed E-state index contributed by atoms with van der Waals surface area (Å²) in [5, 5.41) is 0. The lowest BCUT2D eigenvalue weighted by Gasteiger charge is -2.34. The summed E-state index contributed by atoms with van der Waals surface area (Å²) in [6.07, 6.45) is 5.91. The zero-order chi connectivity index (χ0) is 12.0. The van der Waals surface area contributed by atoms with Crippen LogP contribution in [0, 0.1) is 5.41 Å². The Kier molecular flexibility index (Phi) is 5.42. The minimum Gasteiger partial charge on any atom is -0.472 e. The summed E-state index contributed by atoms with van der Waals surface area (Å²) >= 11 is 4.50. The van der Waals surface area contributed by atoms with E-state index >= 15 is 0 Å². The number of hydrogen-bond acceptors (Lipinski definition) is 3. The van der Waals surface area contributed by atoms with Crippen LogP contribution in [-0.2, 0) is 6.54 Å². The fraction of sp³-hybridized carbons (Fsp3) is 0.692. The lowest BCUT2D eigenvalue weighted by Crippen LogP contribution is -2.36. The van der Waals surface area contributed by atoms with Crippen LogP contribution in [0.2, 0.25) is 0 Å². The van der Waals surface area contributed by atoms with Gasteiger partial charge in [-0.25, -0.2) is 0 Å². The maximum absolute atomic E-state index is 5.08. The first-order chi connectivity index (χ1) is 7.65. The molecule has 0 saturated carbocycles. The van der Waals surface area contributed by atoms with Gasteiger partial charge in [0.15, 0.2) is 0 Å². The maximum atomic E-state index is 5.08. The van der Waals surface area contributed by atoms with Crippen LogP contribution in [-0.4, -0.2) is 24.2 Å². The third-order valence-corrected chi connectivity index (χ3v) is 4.14. The highest BCUT2D eigenvalue weighted by atomic mass is 32.1. The molecule has 1 aromatic rings. The van der Waals surface area contributed by atoms with Gasteiger partial charge >= 0.3 is 0 Å². The van der Waals surface area contributed by atoms with Crippen molar-refractivity contribution in [1.82, 2.24) is 4.90 Å². The number of furan rings is 1. The summed E-state index contributed by atoms with van der Waals surface area (Å²) in [5.74, 6) is 0.954. The van der Waals surface area contributed by atoms with E-state index < -0.39 is 0 Å². The molecule has 1 aromatic heterocycles. The summed E-state index contributed by atoms with van der Waals surface area (Å²) in [6.45, 7) is 6.55. The predicted molar refractivity (Wildman–Crippen MR) is 71.9 cm³/mol. The minimum atomic E-state index is 0.349. The molecule has 0 fully saturated rings. The molecule has 0 aliphatic heterocycles. The van der Waals surface area contributed by atoms with Crippen molar-refractivity contribution in [3.05, 3.63) is 24.2 Å². The van der Waals surface area contributed by atoms with Gasteiger partial charge in [-0.3, -0.25) is 0 Å². The average Bonchev–Trinajstić information content (AvgIpc) is 2.79. The molecule has 92 valence electrons. The Bertz CT molecular complexity index is 272. The Morgan fingerprint density at radius 3 is 2.50 bits per heavy atom. The van der Waals surface area contributed by atoms with Crippen LogP contribution >= 0.6 is 12.6 Å². The van der Waals surface area contributed by atoms with Gasteiger partial charge in [-0.05, 0) is 37.1 Å². The van der Waals surface area contributed by atoms with Crippen LogP contribution in [0.3, 0.4) is 0 Å². The van der Waals surface area contributed by atoms with Crippen molar-refractivity contribution in [1.29, 1.82) is 0 Å². The highest BCUT2D eigenvalue weighted by Crippen LogP contribution is 2.29. The maximum Gasteiger partial charge on any atom is 0.0947 e. The van der Waals surface area contributed by atoms with Crippen molar-refractivity contribution >= 4 is 12.6 Å². The van der Waals surface area contributed by atoms with Crippen LogP contribution in [0.4, 0.5) is 0 Å². The third-order valence-electron chi connectivity index (χ3n) is 3.47. The molecule has 0 radical (unpaired) electrons. The van der Waals surface area contributed by atoms with E-state index in [1.54, 1.807) is 6.26 Å². The Balaban J connectivity index is 2.51. The largest absolute Gasteiger partial charge is 0.472 e. The highest BCUT2D eigenvalue weighted by Gasteiger charge is 2.26. The quantitative estimate of drug-likeness (QED) is 0.736. The first-order valence-corrected chi connectivity index (χ1v) is 6.59. The summed E-state index contributed by atoms with van der Waals surface area (Å²) in [5.41, 5.74) is 1.59. The molecule has 1 heterocycles. The fourth-order valence-corrected chi connectivity index (χ4v) is 2.62. The molecule has 0 saturated heterocycles. The summed E-state index contributed by atoms with van der Waals surface area (Å²) in [7, 11) is 2.16. The molecule has 0 aromatic carbocycles. The zero-order valence-corrected chi connectivity index (χ0v) is 11.5. The second-order valence-corrected chi connectivity index (χ2v) is 4.99. The molecule has 16 heavy (non-hydrogen) atoms. The van der Waals surface area contributed by atoms with E-state index in [2.05, 4.69) is 38.4 Å². The van der Waals surface area contributed by atoms with Gasteiger partial charge in [0, 0.05) is 18.7 Å². The third kappa shape index (κ3) is 3.56. The van der Waals surface area contributed by atoms with Crippen LogP contribution < -0.4 is 0 Å². The Morgan fingerprint density at radius 2 is 2.06 bits per heavy atom. The molecule has 0 N–H and O–H groups in total. The summed E-state index contributed by atoms with van der Waals surface area (Å²) in [4.78, 5) is 2.36. The second-order valence-electron chi connectivity index (χ2n) is 4.67. The first kappa shape index (κ1) is 13.7. The van der Waals surface area contributed by atoms with E-state index in [-0.39, 0.29) is 0 Å². The SMILES string of the molecule is CCC(CC)(CS)CN(C)Cc1ccoc1. The van der Waals surface area contributed by atoms with E-state index in [4.69, 9.17) is 4.42 Å². The molecule has 0 amide bonds. The molecule has 0 spiro atoms. The number of nitrogens with zero attached hydrogens (tertiary/aromatic N) is 1. The molecule has 2 nitrogen and oxygen atoms in total. The lowest BCUT2D eigenvalue weighted by molar-refractivity contribution is 0.179. The molecule has 0 bridgehead atoms. The van der Waals surface area contributed by atoms with Gasteiger partial charge in [0.05, 0.1) is 12.5 Å². The van der Waals surface area contributed by atoms with Gasteiger partial charge in [0.2, 0.25) is 0 Å². The number of hydrogen-bond donors (Lipinski definition) is 1. The fourth-order valence-electron chi connectivity index (χ4n) is 2.07. The van der Waals surface area contributed by atoms with E-state index in [9.17, 15) is 0 Å². The molecular weight excluding hydrogens is 218 g/mol. The standard InChI is InChI=1S/C13H23NOS/c1-4-13(5-2,11-16)10-14(3)8-12-6-7-15-9-12/h6-7,9,16H,4-5,8,10-11H2,1-3H3. The normalized spacial score (nSPS) is 12.3. The Labute approximate surface area is 104 Å². The monoisotopic (exact) mass is 241 g/mol. The summed E-state index contributed by atoms with van der Waals surface area (Å²) in [6, 6.07) is 2.02. The highest BCUT2D eigenvalue weighted by molar-refractivity contribution is 7.80. The van der Waals surface area contributed by atoms with Gasteiger partial charge in [-0.15, -0.1) is 0 Å². The predicted octanol–water partition coefficient (Wildman–Crippen LogP) is 3.45. The van der Waals surface area contributed by atoms with Crippen molar-refractivity contribution in [2.75, 3.05) is 19.3 Å². The van der Waals surface area contributed by atoms with Gasteiger partial charge < -0.3 is 9.32 Å². The van der Waals surface area contributed by atoms with Gasteiger partial charge in [-0.1, -0.05) is 13.8 Å². The van der Waals surface area contributed by atoms with Crippen molar-refractivity contribution in [3.8, 4) is 0 Å². The zero-order valence-electron chi connectivity index (χ0n) is 10.6. The molecule has 0 aliphatic carbocycles. The lowest BCUT2D eigenvalue weighted by atomic mass is 9.84. The van der Waals surface area contributed by atoms with E-state index in [1.165, 1.54) is 18.4 Å². The van der Waals surface area contributed by atoms with Crippen molar-refractivity contribution < 1.29 is 4.42 Å². The van der Waals surface area contributed by atoms with Crippen LogP contribution in [0.15, 0.2) is 23.0 Å². The number of rotatable bonds is 7. The van der Waals surface area contributed by atoms with E-state index in [1.807, 2.05) is 12.3 Å². The van der Waals surface area contributed by atoms with Crippen molar-refractivity contribution in [2.45, 2.75) is 33.2 Å². The van der Waals surface area contributed by atoms with Crippen LogP contribution in [0.25, 0.3) is 0 Å². The molecule has 3 heteroatoms. The summed E-state index contributed by atoms with van der Waals surface area (Å²) < 4.78 is 5.08. The smallest absolute Gasteiger partial charge is 0.0947 e. The van der Waals surface area contributed by atoms with E-state index in [0.717, 1.165) is 18.8 Å². The second kappa shape index (κ2) is 6.36. The van der Waals surface area contributed by atoms with E-state index in [0.29, 0.717) is 5.41 Å². The first-order valence-electron chi connectivity index (χ1n) is 5.96.